The average molecular weight is 728 g/mol. The fraction of sp³-hybridized carbons (Fsp3) is 0. The minimum atomic E-state index is 0.632. The second kappa shape index (κ2) is 13.5. The smallest absolute Gasteiger partial charge is 0.164 e. The Kier molecular flexibility index (Phi) is 7.74. The SMILES string of the molecule is c1ccc(-c2nc(-c3ccccc3)nc(-c3cccc(-c4cccc(-c5cccc(-c6nc7cccc8c7n6-c6ccccc6-c6ccccc6-8)c5)c4)c3)n2)cc1. The van der Waals surface area contributed by atoms with Crippen molar-refractivity contribution in [3.63, 3.8) is 0 Å². The minimum Gasteiger partial charge on any atom is -0.291 e. The number of fused-ring (bicyclic) bond motifs is 5. The van der Waals surface area contributed by atoms with Crippen molar-refractivity contribution in [2.75, 3.05) is 0 Å². The first-order valence-corrected chi connectivity index (χ1v) is 19.1. The first kappa shape index (κ1) is 32.7. The summed E-state index contributed by atoms with van der Waals surface area (Å²) in [7, 11) is 0. The van der Waals surface area contributed by atoms with Gasteiger partial charge in [0.2, 0.25) is 0 Å². The largest absolute Gasteiger partial charge is 0.291 e. The van der Waals surface area contributed by atoms with Crippen LogP contribution in [0.15, 0.2) is 200 Å². The third-order valence-corrected chi connectivity index (χ3v) is 10.8. The van der Waals surface area contributed by atoms with Gasteiger partial charge < -0.3 is 0 Å². The topological polar surface area (TPSA) is 56.5 Å². The molecule has 0 atom stereocenters. The molecule has 0 radical (unpaired) electrons. The van der Waals surface area contributed by atoms with Crippen molar-refractivity contribution >= 4 is 11.0 Å². The lowest BCUT2D eigenvalue weighted by atomic mass is 9.94. The van der Waals surface area contributed by atoms with Crippen LogP contribution in [0, 0.1) is 0 Å². The van der Waals surface area contributed by atoms with Crippen LogP contribution < -0.4 is 0 Å². The highest BCUT2D eigenvalue weighted by Crippen LogP contribution is 2.45. The highest BCUT2D eigenvalue weighted by Gasteiger charge is 2.25. The van der Waals surface area contributed by atoms with Gasteiger partial charge in [-0.25, -0.2) is 19.9 Å². The van der Waals surface area contributed by atoms with Gasteiger partial charge in [0.1, 0.15) is 5.82 Å². The number of hydrogen-bond donors (Lipinski definition) is 0. The van der Waals surface area contributed by atoms with Crippen LogP contribution in [0.3, 0.4) is 0 Å². The molecule has 0 fully saturated rings. The van der Waals surface area contributed by atoms with E-state index in [4.69, 9.17) is 19.9 Å². The highest BCUT2D eigenvalue weighted by atomic mass is 15.1. The van der Waals surface area contributed by atoms with Crippen molar-refractivity contribution in [3.05, 3.63) is 200 Å². The number of para-hydroxylation sites is 2. The molecular formula is C52H33N5. The third-order valence-electron chi connectivity index (χ3n) is 10.8. The summed E-state index contributed by atoms with van der Waals surface area (Å²) in [6.45, 7) is 0. The fourth-order valence-corrected chi connectivity index (χ4v) is 8.11. The Morgan fingerprint density at radius 3 is 1.30 bits per heavy atom. The molecule has 10 aromatic rings. The van der Waals surface area contributed by atoms with Crippen LogP contribution in [0.5, 0.6) is 0 Å². The van der Waals surface area contributed by atoms with Gasteiger partial charge in [0.15, 0.2) is 17.5 Å². The molecule has 57 heavy (non-hydrogen) atoms. The van der Waals surface area contributed by atoms with Gasteiger partial charge in [-0.15, -0.1) is 0 Å². The van der Waals surface area contributed by atoms with Crippen molar-refractivity contribution in [3.8, 4) is 95.7 Å². The Balaban J connectivity index is 0.992. The van der Waals surface area contributed by atoms with Crippen molar-refractivity contribution < 1.29 is 0 Å². The van der Waals surface area contributed by atoms with Crippen LogP contribution in [-0.2, 0) is 0 Å². The van der Waals surface area contributed by atoms with Crippen molar-refractivity contribution in [2.24, 2.45) is 0 Å². The lowest BCUT2D eigenvalue weighted by molar-refractivity contribution is 1.07. The molecule has 5 heteroatoms. The average Bonchev–Trinajstić information content (AvgIpc) is 3.64. The lowest BCUT2D eigenvalue weighted by Gasteiger charge is -2.14. The van der Waals surface area contributed by atoms with Crippen LogP contribution in [-0.4, -0.2) is 24.5 Å². The Morgan fingerprint density at radius 1 is 0.281 bits per heavy atom. The number of nitrogens with zero attached hydrogens (tertiary/aromatic N) is 5. The van der Waals surface area contributed by atoms with Gasteiger partial charge >= 0.3 is 0 Å². The van der Waals surface area contributed by atoms with E-state index in [1.54, 1.807) is 0 Å². The predicted octanol–water partition coefficient (Wildman–Crippen LogP) is 12.9. The standard InChI is InChI=1S/C52H33N5/c1-3-15-34(16-4-1)49-54-50(35-17-5-2-6-18-35)56-51(55-49)40-23-12-21-38(32-40)36-19-11-20-37(31-36)39-22-13-24-41(33-39)52-53-46-29-14-28-45-43-26-8-7-25-42(43)44-27-9-10-30-47(44)57(52)48(45)46/h1-33H. The van der Waals surface area contributed by atoms with Crippen molar-refractivity contribution in [1.29, 1.82) is 0 Å². The second-order valence-corrected chi connectivity index (χ2v) is 14.3. The van der Waals surface area contributed by atoms with E-state index in [0.29, 0.717) is 17.5 Å². The number of imidazole rings is 1. The maximum absolute atomic E-state index is 5.30. The fourth-order valence-electron chi connectivity index (χ4n) is 8.11. The van der Waals surface area contributed by atoms with E-state index >= 15 is 0 Å². The Labute approximate surface area is 330 Å². The summed E-state index contributed by atoms with van der Waals surface area (Å²) in [5, 5.41) is 0. The maximum Gasteiger partial charge on any atom is 0.164 e. The van der Waals surface area contributed by atoms with Crippen molar-refractivity contribution in [2.45, 2.75) is 0 Å². The van der Waals surface area contributed by atoms with E-state index in [2.05, 4.69) is 144 Å². The van der Waals surface area contributed by atoms with Gasteiger partial charge in [0.25, 0.3) is 0 Å². The normalized spacial score (nSPS) is 11.5. The molecule has 0 saturated carbocycles. The number of benzene rings is 8. The van der Waals surface area contributed by atoms with E-state index in [0.717, 1.165) is 67.1 Å². The first-order valence-electron chi connectivity index (χ1n) is 19.1. The van der Waals surface area contributed by atoms with Crippen LogP contribution >= 0.6 is 0 Å². The molecule has 266 valence electrons. The zero-order valence-electron chi connectivity index (χ0n) is 30.8. The summed E-state index contributed by atoms with van der Waals surface area (Å²) >= 11 is 0. The Bertz CT molecular complexity index is 3070. The number of aromatic nitrogens is 5. The first-order chi connectivity index (χ1) is 28.2. The molecule has 0 bridgehead atoms. The molecule has 0 N–H and O–H groups in total. The molecule has 1 aliphatic rings. The molecule has 0 aliphatic carbocycles. The number of rotatable bonds is 6. The molecular weight excluding hydrogens is 695 g/mol. The van der Waals surface area contributed by atoms with Gasteiger partial charge in [0, 0.05) is 33.4 Å². The summed E-state index contributed by atoms with van der Waals surface area (Å²) in [5.74, 6) is 2.84. The van der Waals surface area contributed by atoms with Gasteiger partial charge in [-0.3, -0.25) is 4.57 Å². The molecule has 8 aromatic carbocycles. The van der Waals surface area contributed by atoms with E-state index in [1.807, 2.05) is 60.7 Å². The Hall–Kier alpha value is -7.76. The lowest BCUT2D eigenvalue weighted by Crippen LogP contribution is -2.00. The third kappa shape index (κ3) is 5.72. The van der Waals surface area contributed by atoms with E-state index < -0.39 is 0 Å². The van der Waals surface area contributed by atoms with Gasteiger partial charge in [-0.1, -0.05) is 170 Å². The maximum atomic E-state index is 5.30. The van der Waals surface area contributed by atoms with Crippen LogP contribution in [0.2, 0.25) is 0 Å². The minimum absolute atomic E-state index is 0.632. The summed E-state index contributed by atoms with van der Waals surface area (Å²) in [4.78, 5) is 20.1. The van der Waals surface area contributed by atoms with E-state index in [9.17, 15) is 0 Å². The molecule has 0 spiro atoms. The highest BCUT2D eigenvalue weighted by molar-refractivity contribution is 6.03. The summed E-state index contributed by atoms with van der Waals surface area (Å²) < 4.78 is 2.36. The summed E-state index contributed by atoms with van der Waals surface area (Å²) in [6, 6.07) is 69.9. The van der Waals surface area contributed by atoms with Gasteiger partial charge in [-0.05, 0) is 63.7 Å². The van der Waals surface area contributed by atoms with Gasteiger partial charge in [0.05, 0.1) is 16.7 Å². The van der Waals surface area contributed by atoms with Crippen molar-refractivity contribution in [1.82, 2.24) is 24.5 Å². The zero-order chi connectivity index (χ0) is 37.7. The molecule has 1 aliphatic heterocycles. The quantitative estimate of drug-likeness (QED) is 0.171. The van der Waals surface area contributed by atoms with E-state index in [-0.39, 0.29) is 0 Å². The number of hydrogen-bond acceptors (Lipinski definition) is 4. The second-order valence-electron chi connectivity index (χ2n) is 14.3. The predicted molar refractivity (Wildman–Crippen MR) is 232 cm³/mol. The Morgan fingerprint density at radius 2 is 0.684 bits per heavy atom. The van der Waals surface area contributed by atoms with Gasteiger partial charge in [-0.2, -0.15) is 0 Å². The van der Waals surface area contributed by atoms with E-state index in [1.165, 1.54) is 22.3 Å². The molecule has 0 unspecified atom stereocenters. The molecule has 3 heterocycles. The zero-order valence-corrected chi connectivity index (χ0v) is 30.8. The van der Waals surface area contributed by atoms with Crippen LogP contribution in [0.4, 0.5) is 0 Å². The molecule has 5 nitrogen and oxygen atoms in total. The molecule has 11 rings (SSSR count). The monoisotopic (exact) mass is 727 g/mol. The molecule has 0 saturated heterocycles. The summed E-state index contributed by atoms with van der Waals surface area (Å²) in [6.07, 6.45) is 0. The summed E-state index contributed by atoms with van der Waals surface area (Å²) in [5.41, 5.74) is 16.4. The van der Waals surface area contributed by atoms with Crippen LogP contribution in [0.25, 0.3) is 107 Å². The molecule has 0 amide bonds. The van der Waals surface area contributed by atoms with Crippen LogP contribution in [0.1, 0.15) is 0 Å². The molecule has 2 aromatic heterocycles.